The number of hydrogen-bond donors (Lipinski definition) is 1. The number of ether oxygens (including phenoxy) is 1. The number of alkyl halides is 2. The zero-order valence-corrected chi connectivity index (χ0v) is 28.2. The fraction of sp³-hybridized carbons (Fsp3) is 0.667. The molecule has 1 N–H and O–H groups in total. The van der Waals surface area contributed by atoms with Crippen LogP contribution in [0.3, 0.4) is 0 Å². The molecule has 0 fully saturated rings. The van der Waals surface area contributed by atoms with Crippen molar-refractivity contribution in [2.45, 2.75) is 113 Å². The number of aliphatic carboxylic acids is 1. The molecule has 0 saturated carbocycles. The summed E-state index contributed by atoms with van der Waals surface area (Å²) in [6.45, 7) is 18.6. The normalized spacial score (nSPS) is 15.2. The van der Waals surface area contributed by atoms with E-state index in [0.29, 0.717) is 47.5 Å². The number of hydrogen-bond acceptors (Lipinski definition) is 3. The Bertz CT molecular complexity index is 982. The lowest BCUT2D eigenvalue weighted by molar-refractivity contribution is -0.151. The van der Waals surface area contributed by atoms with Crippen molar-refractivity contribution in [3.8, 4) is 5.75 Å². The Morgan fingerprint density at radius 3 is 2.30 bits per heavy atom. The summed E-state index contributed by atoms with van der Waals surface area (Å²) in [6.07, 6.45) is 9.17. The quantitative estimate of drug-likeness (QED) is 0.173. The van der Waals surface area contributed by atoms with Gasteiger partial charge in [0.1, 0.15) is 5.75 Å². The van der Waals surface area contributed by atoms with E-state index in [1.165, 1.54) is 16.7 Å². The van der Waals surface area contributed by atoms with Gasteiger partial charge in [-0.15, -0.1) is 0 Å². The summed E-state index contributed by atoms with van der Waals surface area (Å²) in [5.41, 5.74) is -0.0821. The molecule has 7 heteroatoms. The minimum absolute atomic E-state index is 0.0243. The molecule has 1 aromatic carbocycles. The second kappa shape index (κ2) is 16.9. The molecule has 40 heavy (non-hydrogen) atoms. The third-order valence-corrected chi connectivity index (χ3v) is 9.86. The number of halogens is 3. The number of allylic oxidation sites excluding steroid dienone is 2. The van der Waals surface area contributed by atoms with Gasteiger partial charge in [-0.1, -0.05) is 109 Å². The van der Waals surface area contributed by atoms with Gasteiger partial charge in [0.05, 0.1) is 5.41 Å². The van der Waals surface area contributed by atoms with Gasteiger partial charge in [-0.2, -0.15) is 8.78 Å². The Labute approximate surface area is 254 Å². The highest BCUT2D eigenvalue weighted by molar-refractivity contribution is 9.10. The summed E-state index contributed by atoms with van der Waals surface area (Å²) in [6, 6.07) is 4.99. The van der Waals surface area contributed by atoms with Crippen LogP contribution in [0.2, 0.25) is 0 Å². The van der Waals surface area contributed by atoms with Crippen molar-refractivity contribution in [2.24, 2.45) is 28.6 Å². The smallest absolute Gasteiger partial charge is 0.387 e. The number of carboxylic acids is 1. The maximum Gasteiger partial charge on any atom is 0.387 e. The van der Waals surface area contributed by atoms with E-state index in [1.807, 2.05) is 13.8 Å². The first kappa shape index (κ1) is 36.7. The molecular formula is C33H51BrF2O3S. The molecule has 0 aliphatic carbocycles. The molecule has 0 radical (unpaired) electrons. The molecule has 0 aliphatic heterocycles. The first-order valence-electron chi connectivity index (χ1n) is 14.6. The van der Waals surface area contributed by atoms with E-state index in [-0.39, 0.29) is 11.2 Å². The number of carboxylic acid groups (broad SMARTS) is 1. The molecule has 0 amide bonds. The summed E-state index contributed by atoms with van der Waals surface area (Å²) in [7, 11) is 0. The van der Waals surface area contributed by atoms with Crippen molar-refractivity contribution in [3.05, 3.63) is 45.8 Å². The van der Waals surface area contributed by atoms with Gasteiger partial charge in [-0.3, -0.25) is 4.79 Å². The van der Waals surface area contributed by atoms with E-state index >= 15 is 0 Å². The molecule has 1 aromatic rings. The van der Waals surface area contributed by atoms with E-state index in [9.17, 15) is 18.7 Å². The van der Waals surface area contributed by atoms with Crippen LogP contribution in [-0.4, -0.2) is 17.7 Å². The van der Waals surface area contributed by atoms with Crippen molar-refractivity contribution in [2.75, 3.05) is 0 Å². The fourth-order valence-electron chi connectivity index (χ4n) is 5.11. The van der Waals surface area contributed by atoms with Crippen molar-refractivity contribution < 1.29 is 23.4 Å². The maximum atomic E-state index is 13.0. The van der Waals surface area contributed by atoms with Crippen LogP contribution in [0.5, 0.6) is 5.75 Å². The summed E-state index contributed by atoms with van der Waals surface area (Å²) < 4.78 is 31.6. The summed E-state index contributed by atoms with van der Waals surface area (Å²) in [4.78, 5) is 14.1. The van der Waals surface area contributed by atoms with Crippen LogP contribution in [0.4, 0.5) is 8.78 Å². The predicted molar refractivity (Wildman–Crippen MR) is 171 cm³/mol. The van der Waals surface area contributed by atoms with Gasteiger partial charge in [0.15, 0.2) is 0 Å². The Morgan fingerprint density at radius 2 is 1.80 bits per heavy atom. The van der Waals surface area contributed by atoms with Crippen LogP contribution in [0, 0.1) is 28.6 Å². The highest BCUT2D eigenvalue weighted by atomic mass is 79.9. The first-order chi connectivity index (χ1) is 18.6. The zero-order valence-electron chi connectivity index (χ0n) is 25.8. The minimum atomic E-state index is -2.90. The van der Waals surface area contributed by atoms with E-state index in [2.05, 4.69) is 70.1 Å². The number of thioether (sulfide) groups is 1. The largest absolute Gasteiger partial charge is 0.481 e. The standard InChI is InChI=1S/C33H51BrF2O3S/c1-10-22(4)19-27(40-24(6)28-20-26(34)16-17-29(28)39-31(35)36)15-13-14-23(5)18-25(32(7,8)9)21-33(11-2,12-3)30(37)38/h16-17,19-20,22-23,25,31H,6,10-15,18,21H2,1-5,7-9H3,(H,37,38)/b27-19-. The van der Waals surface area contributed by atoms with Crippen LogP contribution in [0.25, 0.3) is 4.91 Å². The van der Waals surface area contributed by atoms with E-state index in [0.717, 1.165) is 36.6 Å². The highest BCUT2D eigenvalue weighted by Gasteiger charge is 2.40. The van der Waals surface area contributed by atoms with E-state index in [4.69, 9.17) is 4.74 Å². The maximum absolute atomic E-state index is 13.0. The first-order valence-corrected chi connectivity index (χ1v) is 16.2. The predicted octanol–water partition coefficient (Wildman–Crippen LogP) is 11.8. The average Bonchev–Trinajstić information content (AvgIpc) is 2.86. The molecule has 0 heterocycles. The number of rotatable bonds is 18. The van der Waals surface area contributed by atoms with Gasteiger partial charge in [0, 0.05) is 14.9 Å². The van der Waals surface area contributed by atoms with E-state index < -0.39 is 18.0 Å². The molecule has 3 unspecified atom stereocenters. The molecule has 0 saturated heterocycles. The van der Waals surface area contributed by atoms with Gasteiger partial charge < -0.3 is 9.84 Å². The summed E-state index contributed by atoms with van der Waals surface area (Å²) in [5.74, 6) is 0.608. The molecule has 3 atom stereocenters. The van der Waals surface area contributed by atoms with Gasteiger partial charge in [-0.25, -0.2) is 0 Å². The van der Waals surface area contributed by atoms with Crippen LogP contribution in [0.1, 0.15) is 112 Å². The minimum Gasteiger partial charge on any atom is -0.481 e. The molecule has 0 spiro atoms. The van der Waals surface area contributed by atoms with Crippen LogP contribution >= 0.6 is 27.7 Å². The highest BCUT2D eigenvalue weighted by Crippen LogP contribution is 2.45. The van der Waals surface area contributed by atoms with Crippen molar-refractivity contribution in [3.63, 3.8) is 0 Å². The van der Waals surface area contributed by atoms with Crippen molar-refractivity contribution in [1.82, 2.24) is 0 Å². The Morgan fingerprint density at radius 1 is 1.18 bits per heavy atom. The Hall–Kier alpha value is -1.34. The van der Waals surface area contributed by atoms with Gasteiger partial charge >= 0.3 is 12.6 Å². The molecule has 3 nitrogen and oxygen atoms in total. The van der Waals surface area contributed by atoms with Gasteiger partial charge in [0.2, 0.25) is 0 Å². The second-order valence-corrected chi connectivity index (χ2v) is 14.5. The van der Waals surface area contributed by atoms with Gasteiger partial charge in [0.25, 0.3) is 0 Å². The second-order valence-electron chi connectivity index (χ2n) is 12.4. The fourth-order valence-corrected chi connectivity index (χ4v) is 6.60. The summed E-state index contributed by atoms with van der Waals surface area (Å²) in [5, 5.41) is 10.0. The number of carbonyl (C=O) groups is 1. The van der Waals surface area contributed by atoms with Crippen LogP contribution in [-0.2, 0) is 4.79 Å². The third-order valence-electron chi connectivity index (χ3n) is 8.30. The van der Waals surface area contributed by atoms with Gasteiger partial charge in [-0.05, 0) is 84.8 Å². The van der Waals surface area contributed by atoms with Crippen LogP contribution < -0.4 is 4.74 Å². The third kappa shape index (κ3) is 11.9. The Kier molecular flexibility index (Phi) is 15.5. The lowest BCUT2D eigenvalue weighted by Gasteiger charge is -2.39. The average molecular weight is 646 g/mol. The van der Waals surface area contributed by atoms with Crippen molar-refractivity contribution >= 4 is 38.6 Å². The lowest BCUT2D eigenvalue weighted by Crippen LogP contribution is -2.36. The molecule has 228 valence electrons. The molecular weight excluding hydrogens is 594 g/mol. The molecule has 1 rings (SSSR count). The zero-order chi connectivity index (χ0) is 30.7. The Balaban J connectivity index is 2.98. The number of benzene rings is 1. The lowest BCUT2D eigenvalue weighted by atomic mass is 9.65. The SMILES string of the molecule is C=C(S/C(=C\C(C)CC)CCCC(C)CC(CC(CC)(CC)C(=O)O)C(C)(C)C)c1cc(Br)ccc1OC(F)F. The molecule has 0 bridgehead atoms. The topological polar surface area (TPSA) is 46.5 Å². The molecule has 0 aromatic heterocycles. The summed E-state index contributed by atoms with van der Waals surface area (Å²) >= 11 is 4.97. The van der Waals surface area contributed by atoms with Crippen molar-refractivity contribution in [1.29, 1.82) is 0 Å². The monoisotopic (exact) mass is 644 g/mol. The molecule has 0 aliphatic rings. The van der Waals surface area contributed by atoms with Crippen LogP contribution in [0.15, 0.2) is 40.2 Å². The van der Waals surface area contributed by atoms with E-state index in [1.54, 1.807) is 18.2 Å².